The third-order valence-electron chi connectivity index (χ3n) is 1.77. The summed E-state index contributed by atoms with van der Waals surface area (Å²) >= 11 is 0. The molecule has 0 saturated heterocycles. The predicted molar refractivity (Wildman–Crippen MR) is 49.3 cm³/mol. The van der Waals surface area contributed by atoms with E-state index < -0.39 is 27.2 Å². The Morgan fingerprint density at radius 3 is 2.50 bits per heavy atom. The second kappa shape index (κ2) is 4.00. The van der Waals surface area contributed by atoms with Crippen LogP contribution in [0.1, 0.15) is 6.92 Å². The maximum atomic E-state index is 11.2. The fourth-order valence-corrected chi connectivity index (χ4v) is 1.03. The first-order valence-corrected chi connectivity index (χ1v) is 4.05. The lowest BCUT2D eigenvalue weighted by molar-refractivity contribution is -0.745. The molecule has 0 bridgehead atoms. The van der Waals surface area contributed by atoms with E-state index in [0.717, 1.165) is 0 Å². The Balaban J connectivity index is 3.17. The van der Waals surface area contributed by atoms with Crippen LogP contribution in [0.5, 0.6) is 0 Å². The molecule has 0 radical (unpaired) electrons. The highest BCUT2D eigenvalue weighted by molar-refractivity contribution is 6.43. The van der Waals surface area contributed by atoms with Crippen LogP contribution in [0.15, 0.2) is 10.2 Å². The molecule has 0 aliphatic carbocycles. The zero-order chi connectivity index (χ0) is 12.3. The number of carbonyl (C=O) groups is 1. The van der Waals surface area contributed by atoms with Gasteiger partial charge in [0, 0.05) is 0 Å². The second-order valence-corrected chi connectivity index (χ2v) is 2.65. The van der Waals surface area contributed by atoms with Gasteiger partial charge in [0.2, 0.25) is 0 Å². The minimum atomic E-state index is -2.94. The molecule has 0 amide bonds. The average molecular weight is 230 g/mol. The summed E-state index contributed by atoms with van der Waals surface area (Å²) in [5.41, 5.74) is -3.89. The number of esters is 1. The quantitative estimate of drug-likeness (QED) is 0.269. The van der Waals surface area contributed by atoms with Crippen LogP contribution in [0, 0.1) is 20.2 Å². The van der Waals surface area contributed by atoms with Gasteiger partial charge in [0.1, 0.15) is 9.85 Å². The van der Waals surface area contributed by atoms with Crippen LogP contribution < -0.4 is 0 Å². The van der Waals surface area contributed by atoms with Crippen LogP contribution in [-0.2, 0) is 9.53 Å². The van der Waals surface area contributed by atoms with Gasteiger partial charge in [-0.1, -0.05) is 0 Å². The van der Waals surface area contributed by atoms with Gasteiger partial charge in [-0.15, -0.1) is 10.2 Å². The van der Waals surface area contributed by atoms with Crippen LogP contribution in [0.4, 0.5) is 0 Å². The van der Waals surface area contributed by atoms with Gasteiger partial charge in [-0.25, -0.2) is 4.79 Å². The molecule has 0 aromatic heterocycles. The molecular weight excluding hydrogens is 224 g/mol. The lowest BCUT2D eigenvalue weighted by Gasteiger charge is -2.09. The molecular formula is C6H6N4O6. The number of nitro groups is 2. The van der Waals surface area contributed by atoms with E-state index in [2.05, 4.69) is 14.9 Å². The Kier molecular flexibility index (Phi) is 2.92. The summed E-state index contributed by atoms with van der Waals surface area (Å²) in [5.74, 6) is -1.23. The van der Waals surface area contributed by atoms with Crippen LogP contribution in [0.25, 0.3) is 0 Å². The van der Waals surface area contributed by atoms with E-state index in [1.165, 1.54) is 6.92 Å². The lowest BCUT2D eigenvalue weighted by atomic mass is 10.1. The summed E-state index contributed by atoms with van der Waals surface area (Å²) in [6.07, 6.45) is 0.388. The zero-order valence-corrected chi connectivity index (χ0v) is 8.02. The van der Waals surface area contributed by atoms with E-state index in [-0.39, 0.29) is 6.61 Å². The molecule has 1 rings (SSSR count). The summed E-state index contributed by atoms with van der Waals surface area (Å²) in [4.78, 5) is 30.1. The molecule has 1 aliphatic heterocycles. The molecule has 0 saturated carbocycles. The summed E-state index contributed by atoms with van der Waals surface area (Å²) in [7, 11) is 0. The number of hydrogen-bond donors (Lipinski definition) is 0. The van der Waals surface area contributed by atoms with Crippen molar-refractivity contribution in [2.75, 3.05) is 6.61 Å². The van der Waals surface area contributed by atoms with Crippen molar-refractivity contribution in [3.63, 3.8) is 0 Å². The van der Waals surface area contributed by atoms with E-state index in [0.29, 0.717) is 6.21 Å². The summed E-state index contributed by atoms with van der Waals surface area (Å²) in [6, 6.07) is 0. The van der Waals surface area contributed by atoms with Gasteiger partial charge in [-0.3, -0.25) is 20.2 Å². The minimum Gasteiger partial charge on any atom is -0.461 e. The van der Waals surface area contributed by atoms with Gasteiger partial charge in [0.15, 0.2) is 6.21 Å². The first kappa shape index (κ1) is 11.7. The molecule has 0 atom stereocenters. The molecule has 16 heavy (non-hydrogen) atoms. The Hall–Kier alpha value is -2.39. The maximum absolute atomic E-state index is 11.2. The van der Waals surface area contributed by atoms with E-state index in [4.69, 9.17) is 0 Å². The van der Waals surface area contributed by atoms with Crippen LogP contribution in [-0.4, -0.2) is 40.0 Å². The number of hydrogen-bond acceptors (Lipinski definition) is 8. The normalized spacial score (nSPS) is 16.7. The van der Waals surface area contributed by atoms with Gasteiger partial charge in [0.25, 0.3) is 0 Å². The fourth-order valence-electron chi connectivity index (χ4n) is 1.03. The molecule has 0 unspecified atom stereocenters. The lowest BCUT2D eigenvalue weighted by Crippen LogP contribution is -2.56. The predicted octanol–water partition coefficient (Wildman–Crippen LogP) is -0.760. The van der Waals surface area contributed by atoms with Crippen molar-refractivity contribution in [1.82, 2.24) is 0 Å². The molecule has 10 nitrogen and oxygen atoms in total. The van der Waals surface area contributed by atoms with Crippen molar-refractivity contribution in [3.05, 3.63) is 20.2 Å². The Morgan fingerprint density at radius 1 is 1.50 bits per heavy atom. The van der Waals surface area contributed by atoms with Crippen molar-refractivity contribution >= 4 is 17.9 Å². The van der Waals surface area contributed by atoms with Crippen molar-refractivity contribution in [3.8, 4) is 0 Å². The highest BCUT2D eigenvalue weighted by Crippen LogP contribution is 2.17. The van der Waals surface area contributed by atoms with Crippen LogP contribution >= 0.6 is 0 Å². The number of rotatable bonds is 4. The third-order valence-corrected chi connectivity index (χ3v) is 1.77. The zero-order valence-electron chi connectivity index (χ0n) is 8.02. The van der Waals surface area contributed by atoms with Gasteiger partial charge in [-0.05, 0) is 6.92 Å². The first-order chi connectivity index (χ1) is 7.46. The Bertz CT molecular complexity index is 399. The van der Waals surface area contributed by atoms with Crippen molar-refractivity contribution in [2.45, 2.75) is 12.6 Å². The molecule has 0 N–H and O–H groups in total. The monoisotopic (exact) mass is 230 g/mol. The summed E-state index contributed by atoms with van der Waals surface area (Å²) in [5, 5.41) is 27.5. The van der Waals surface area contributed by atoms with Crippen LogP contribution in [0.3, 0.4) is 0 Å². The SMILES string of the molecule is CCOC(=O)C1=NN=CC1([N+](=O)[O-])[N+](=O)[O-]. The largest absolute Gasteiger partial charge is 0.547 e. The van der Waals surface area contributed by atoms with Crippen molar-refractivity contribution in [2.24, 2.45) is 10.2 Å². The standard InChI is InChI=1S/C6H6N4O6/c1-2-16-5(11)4-6(9(12)13,10(14)15)3-7-8-4/h3H,2H2,1H3. The van der Waals surface area contributed by atoms with Crippen molar-refractivity contribution in [1.29, 1.82) is 0 Å². The smallest absolute Gasteiger partial charge is 0.461 e. The van der Waals surface area contributed by atoms with Crippen molar-refractivity contribution < 1.29 is 19.4 Å². The van der Waals surface area contributed by atoms with Gasteiger partial charge in [-0.2, -0.15) is 0 Å². The molecule has 1 heterocycles. The van der Waals surface area contributed by atoms with E-state index in [1.807, 2.05) is 0 Å². The maximum Gasteiger partial charge on any atom is 0.547 e. The summed E-state index contributed by atoms with van der Waals surface area (Å²) in [6.45, 7) is 1.37. The third kappa shape index (κ3) is 1.49. The second-order valence-electron chi connectivity index (χ2n) is 2.65. The Morgan fingerprint density at radius 2 is 2.06 bits per heavy atom. The average Bonchev–Trinajstić information content (AvgIpc) is 2.62. The fraction of sp³-hybridized carbons (Fsp3) is 0.500. The number of nitrogens with zero attached hydrogens (tertiary/aromatic N) is 4. The highest BCUT2D eigenvalue weighted by atomic mass is 16.7. The van der Waals surface area contributed by atoms with E-state index in [1.54, 1.807) is 0 Å². The molecule has 0 aromatic rings. The number of carbonyl (C=O) groups excluding carboxylic acids is 1. The van der Waals surface area contributed by atoms with E-state index in [9.17, 15) is 25.0 Å². The topological polar surface area (TPSA) is 137 Å². The van der Waals surface area contributed by atoms with Gasteiger partial charge < -0.3 is 4.74 Å². The van der Waals surface area contributed by atoms with Crippen LogP contribution in [0.2, 0.25) is 0 Å². The molecule has 86 valence electrons. The molecule has 0 spiro atoms. The first-order valence-electron chi connectivity index (χ1n) is 4.05. The van der Waals surface area contributed by atoms with E-state index >= 15 is 0 Å². The minimum absolute atomic E-state index is 0.0800. The summed E-state index contributed by atoms with van der Waals surface area (Å²) < 4.78 is 4.42. The molecule has 0 aromatic carbocycles. The molecule has 1 aliphatic rings. The Labute approximate surface area is 87.9 Å². The highest BCUT2D eigenvalue weighted by Gasteiger charge is 2.66. The number of ether oxygens (including phenoxy) is 1. The molecule has 0 fully saturated rings. The molecule has 10 heteroatoms. The van der Waals surface area contributed by atoms with Gasteiger partial charge in [0.05, 0.1) is 6.61 Å². The van der Waals surface area contributed by atoms with Gasteiger partial charge >= 0.3 is 17.3 Å².